The van der Waals surface area contributed by atoms with Gasteiger partial charge in [-0.05, 0) is 49.1 Å². The predicted molar refractivity (Wildman–Crippen MR) is 113 cm³/mol. The molecule has 5 rings (SSSR count). The lowest BCUT2D eigenvalue weighted by Gasteiger charge is -2.50. The fourth-order valence-corrected chi connectivity index (χ4v) is 5.80. The summed E-state index contributed by atoms with van der Waals surface area (Å²) in [4.78, 5) is 18.6. The van der Waals surface area contributed by atoms with E-state index >= 15 is 0 Å². The number of aliphatic hydroxyl groups excluding tert-OH is 1. The van der Waals surface area contributed by atoms with Crippen LogP contribution in [-0.2, 0) is 16.0 Å². The van der Waals surface area contributed by atoms with E-state index in [2.05, 4.69) is 34.1 Å². The molecule has 5 nitrogen and oxygen atoms in total. The topological polar surface area (TPSA) is 65.6 Å². The number of aromatic amines is 1. The van der Waals surface area contributed by atoms with Gasteiger partial charge in [0, 0.05) is 29.7 Å². The zero-order chi connectivity index (χ0) is 17.8. The number of benzene rings is 1. The second kappa shape index (κ2) is 8.23. The fraction of sp³-hybridized carbons (Fsp3) is 0.571. The summed E-state index contributed by atoms with van der Waals surface area (Å²) < 4.78 is 5.04. The van der Waals surface area contributed by atoms with Crippen LogP contribution in [0, 0.1) is 17.8 Å². The van der Waals surface area contributed by atoms with E-state index in [1.165, 1.54) is 29.3 Å². The highest BCUT2D eigenvalue weighted by Crippen LogP contribution is 2.49. The quantitative estimate of drug-likeness (QED) is 0.684. The maximum Gasteiger partial charge on any atom is 0.311 e. The van der Waals surface area contributed by atoms with Gasteiger partial charge in [-0.3, -0.25) is 9.69 Å². The lowest BCUT2D eigenvalue weighted by molar-refractivity contribution is -0.160. The van der Waals surface area contributed by atoms with E-state index in [1.807, 2.05) is 0 Å². The maximum absolute atomic E-state index is 12.4. The molecule has 1 aliphatic carbocycles. The molecule has 0 amide bonds. The molecule has 2 N–H and O–H groups in total. The highest BCUT2D eigenvalue weighted by molar-refractivity contribution is 5.86. The Morgan fingerprint density at radius 2 is 2.04 bits per heavy atom. The molecular weight excluding hydrogens is 399 g/mol. The Kier molecular flexibility index (Phi) is 6.30. The van der Waals surface area contributed by atoms with Crippen LogP contribution in [0.5, 0.6) is 0 Å². The zero-order valence-electron chi connectivity index (χ0n) is 16.0. The average molecular weight is 427 g/mol. The lowest BCUT2D eigenvalue weighted by Crippen LogP contribution is -2.53. The maximum atomic E-state index is 12.4. The lowest BCUT2D eigenvalue weighted by atomic mass is 9.65. The van der Waals surface area contributed by atoms with E-state index in [0.717, 1.165) is 32.4 Å². The van der Waals surface area contributed by atoms with Crippen LogP contribution in [0.4, 0.5) is 0 Å². The van der Waals surface area contributed by atoms with E-state index < -0.39 is 6.10 Å². The highest BCUT2D eigenvalue weighted by atomic mass is 35.5. The smallest absolute Gasteiger partial charge is 0.311 e. The van der Waals surface area contributed by atoms with Gasteiger partial charge in [0.1, 0.15) is 0 Å². The number of carbonyl (C=O) groups excluding carboxylic acids is 1. The van der Waals surface area contributed by atoms with Gasteiger partial charge in [0.15, 0.2) is 0 Å². The molecule has 154 valence electrons. The zero-order valence-corrected chi connectivity index (χ0v) is 17.6. The van der Waals surface area contributed by atoms with Crippen LogP contribution < -0.4 is 0 Å². The van der Waals surface area contributed by atoms with Gasteiger partial charge in [-0.2, -0.15) is 0 Å². The largest absolute Gasteiger partial charge is 0.469 e. The number of methoxy groups -OCH3 is 1. The number of H-pyrrole nitrogens is 1. The molecule has 0 unspecified atom stereocenters. The van der Waals surface area contributed by atoms with Crippen LogP contribution in [0.15, 0.2) is 24.3 Å². The van der Waals surface area contributed by atoms with Gasteiger partial charge in [-0.1, -0.05) is 18.2 Å². The number of carbonyl (C=O) groups is 1. The van der Waals surface area contributed by atoms with Crippen molar-refractivity contribution in [1.82, 2.24) is 9.88 Å². The molecule has 0 radical (unpaired) electrons. The number of fused-ring (bicyclic) bond motifs is 6. The van der Waals surface area contributed by atoms with E-state index in [1.54, 1.807) is 0 Å². The van der Waals surface area contributed by atoms with E-state index in [0.29, 0.717) is 18.4 Å². The number of aliphatic hydroxyl groups is 1. The number of ether oxygens (including phenoxy) is 1. The molecule has 2 fully saturated rings. The first-order valence-electron chi connectivity index (χ1n) is 9.76. The van der Waals surface area contributed by atoms with Crippen molar-refractivity contribution in [3.05, 3.63) is 35.5 Å². The molecule has 7 heteroatoms. The summed E-state index contributed by atoms with van der Waals surface area (Å²) in [5.74, 6) is 0.0541. The van der Waals surface area contributed by atoms with E-state index in [-0.39, 0.29) is 42.6 Å². The van der Waals surface area contributed by atoms with Crippen molar-refractivity contribution in [1.29, 1.82) is 0 Å². The average Bonchev–Trinajstić information content (AvgIpc) is 3.05. The standard InChI is InChI=1S/C21H26N2O3.2ClH/c1-26-21(25)19-15-10-17-20-14(13-4-2-3-5-16(13)22-20)8-9-23(17)11-12(15)6-7-18(19)24;;/h2-5,12,15,17-19,22,24H,6-11H2,1H3;2*1H/t12-,15+,17+,18+,19+;;/m1../s1. The fourth-order valence-electron chi connectivity index (χ4n) is 5.80. The third-order valence-electron chi connectivity index (χ3n) is 7.02. The summed E-state index contributed by atoms with van der Waals surface area (Å²) in [7, 11) is 1.43. The van der Waals surface area contributed by atoms with Crippen LogP contribution >= 0.6 is 24.8 Å². The number of piperidine rings is 1. The number of hydrogen-bond donors (Lipinski definition) is 2. The first kappa shape index (κ1) is 21.4. The third kappa shape index (κ3) is 3.22. The van der Waals surface area contributed by atoms with Crippen LogP contribution in [0.3, 0.4) is 0 Å². The summed E-state index contributed by atoms with van der Waals surface area (Å²) >= 11 is 0. The minimum absolute atomic E-state index is 0. The Hall–Kier alpha value is -1.27. The molecule has 0 bridgehead atoms. The summed E-state index contributed by atoms with van der Waals surface area (Å²) in [6.07, 6.45) is 3.14. The molecule has 3 aliphatic rings. The predicted octanol–water partition coefficient (Wildman–Crippen LogP) is 3.49. The number of para-hydroxylation sites is 1. The Bertz CT molecular complexity index is 855. The molecule has 2 aromatic rings. The van der Waals surface area contributed by atoms with E-state index in [9.17, 15) is 9.90 Å². The number of rotatable bonds is 1. The van der Waals surface area contributed by atoms with Crippen LogP contribution in [0.25, 0.3) is 10.9 Å². The van der Waals surface area contributed by atoms with Gasteiger partial charge in [-0.15, -0.1) is 24.8 Å². The van der Waals surface area contributed by atoms with Gasteiger partial charge in [0.2, 0.25) is 0 Å². The minimum atomic E-state index is -0.568. The molecular formula is C21H28Cl2N2O3. The molecule has 1 aromatic carbocycles. The minimum Gasteiger partial charge on any atom is -0.469 e. The van der Waals surface area contributed by atoms with Gasteiger partial charge in [-0.25, -0.2) is 0 Å². The Morgan fingerprint density at radius 3 is 2.82 bits per heavy atom. The molecule has 0 spiro atoms. The number of hydrogen-bond acceptors (Lipinski definition) is 4. The Balaban J connectivity index is 0.00000112. The van der Waals surface area contributed by atoms with Crippen LogP contribution in [-0.4, -0.2) is 47.3 Å². The molecule has 1 saturated carbocycles. The number of aromatic nitrogens is 1. The van der Waals surface area contributed by atoms with Gasteiger partial charge < -0.3 is 14.8 Å². The molecule has 28 heavy (non-hydrogen) atoms. The molecule has 5 atom stereocenters. The number of nitrogens with one attached hydrogen (secondary N) is 1. The summed E-state index contributed by atoms with van der Waals surface area (Å²) in [6.45, 7) is 2.10. The van der Waals surface area contributed by atoms with Crippen molar-refractivity contribution in [2.24, 2.45) is 17.8 Å². The van der Waals surface area contributed by atoms with Crippen molar-refractivity contribution in [3.8, 4) is 0 Å². The SMILES string of the molecule is COC(=O)[C@H]1[C@H]2C[C@H]3c4[nH]c5ccccc5c4CCN3C[C@H]2CC[C@@H]1O.Cl.Cl. The number of esters is 1. The van der Waals surface area contributed by atoms with Crippen molar-refractivity contribution in [2.75, 3.05) is 20.2 Å². The summed E-state index contributed by atoms with van der Waals surface area (Å²) in [6, 6.07) is 8.83. The second-order valence-corrected chi connectivity index (χ2v) is 8.18. The summed E-state index contributed by atoms with van der Waals surface area (Å²) in [5.41, 5.74) is 3.96. The number of nitrogens with zero attached hydrogens (tertiary/aromatic N) is 1. The highest BCUT2D eigenvalue weighted by Gasteiger charge is 2.49. The summed E-state index contributed by atoms with van der Waals surface area (Å²) in [5, 5.41) is 11.8. The number of halogens is 2. The van der Waals surface area contributed by atoms with Gasteiger partial charge >= 0.3 is 5.97 Å². The monoisotopic (exact) mass is 426 g/mol. The first-order valence-corrected chi connectivity index (χ1v) is 9.76. The Labute approximate surface area is 177 Å². The van der Waals surface area contributed by atoms with E-state index in [4.69, 9.17) is 4.74 Å². The molecule has 1 aromatic heterocycles. The first-order chi connectivity index (χ1) is 12.7. The van der Waals surface area contributed by atoms with Crippen LogP contribution in [0.2, 0.25) is 0 Å². The third-order valence-corrected chi connectivity index (χ3v) is 7.02. The van der Waals surface area contributed by atoms with Crippen molar-refractivity contribution in [3.63, 3.8) is 0 Å². The Morgan fingerprint density at radius 1 is 1.25 bits per heavy atom. The van der Waals surface area contributed by atoms with Gasteiger partial charge in [0.25, 0.3) is 0 Å². The van der Waals surface area contributed by atoms with Crippen LogP contribution in [0.1, 0.15) is 36.6 Å². The van der Waals surface area contributed by atoms with Crippen molar-refractivity contribution >= 4 is 41.7 Å². The van der Waals surface area contributed by atoms with Crippen molar-refractivity contribution < 1.29 is 14.6 Å². The normalized spacial score (nSPS) is 31.6. The molecule has 3 heterocycles. The second-order valence-electron chi connectivity index (χ2n) is 8.18. The molecule has 1 saturated heterocycles. The molecule has 2 aliphatic heterocycles. The van der Waals surface area contributed by atoms with Gasteiger partial charge in [0.05, 0.1) is 25.2 Å². The van der Waals surface area contributed by atoms with Crippen molar-refractivity contribution in [2.45, 2.75) is 37.8 Å².